The number of fused-ring (bicyclic) bond motifs is 6. The summed E-state index contributed by atoms with van der Waals surface area (Å²) in [5.74, 6) is 2.65. The van der Waals surface area contributed by atoms with Crippen LogP contribution in [-0.2, 0) is 0 Å². The van der Waals surface area contributed by atoms with Gasteiger partial charge in [-0.05, 0) is 72.5 Å². The SMILES string of the molecule is CC1=C2C(CC=C1)c1cc(Oc3ccc(Cl)cc3)ccc1N1C(O)CSC21. The molecule has 3 atom stereocenters. The first-order valence-electron chi connectivity index (χ1n) is 9.14. The zero-order valence-electron chi connectivity index (χ0n) is 14.9. The minimum Gasteiger partial charge on any atom is -0.457 e. The number of anilines is 1. The van der Waals surface area contributed by atoms with E-state index in [9.17, 15) is 5.11 Å². The van der Waals surface area contributed by atoms with Crippen molar-refractivity contribution in [2.75, 3.05) is 10.7 Å². The Balaban J connectivity index is 1.58. The minimum atomic E-state index is -0.450. The van der Waals surface area contributed by atoms with Gasteiger partial charge in [-0.1, -0.05) is 23.8 Å². The number of ether oxygens (including phenoxy) is 1. The molecule has 2 aromatic carbocycles. The maximum Gasteiger partial charge on any atom is 0.137 e. The highest BCUT2D eigenvalue weighted by molar-refractivity contribution is 8.00. The number of benzene rings is 2. The van der Waals surface area contributed by atoms with Gasteiger partial charge >= 0.3 is 0 Å². The van der Waals surface area contributed by atoms with Crippen LogP contribution in [0.4, 0.5) is 5.69 Å². The average molecular weight is 398 g/mol. The first-order valence-corrected chi connectivity index (χ1v) is 10.6. The number of hydrogen-bond acceptors (Lipinski definition) is 4. The molecule has 3 unspecified atom stereocenters. The van der Waals surface area contributed by atoms with Crippen LogP contribution >= 0.6 is 23.4 Å². The van der Waals surface area contributed by atoms with E-state index in [0.29, 0.717) is 10.9 Å². The van der Waals surface area contributed by atoms with Crippen LogP contribution in [0.25, 0.3) is 0 Å². The lowest BCUT2D eigenvalue weighted by molar-refractivity contribution is 0.198. The molecule has 0 saturated carbocycles. The van der Waals surface area contributed by atoms with E-state index in [1.54, 1.807) is 0 Å². The zero-order valence-corrected chi connectivity index (χ0v) is 16.5. The Labute approximate surface area is 168 Å². The number of allylic oxidation sites excluding steroid dienone is 3. The summed E-state index contributed by atoms with van der Waals surface area (Å²) in [5, 5.41) is 11.5. The first-order chi connectivity index (χ1) is 13.1. The zero-order chi connectivity index (χ0) is 18.5. The fourth-order valence-electron chi connectivity index (χ4n) is 4.31. The Morgan fingerprint density at radius 1 is 1.15 bits per heavy atom. The quantitative estimate of drug-likeness (QED) is 0.704. The van der Waals surface area contributed by atoms with E-state index >= 15 is 0 Å². The summed E-state index contributed by atoms with van der Waals surface area (Å²) >= 11 is 7.80. The smallest absolute Gasteiger partial charge is 0.137 e. The largest absolute Gasteiger partial charge is 0.457 e. The van der Waals surface area contributed by atoms with Gasteiger partial charge in [0.15, 0.2) is 0 Å². The van der Waals surface area contributed by atoms with Crippen molar-refractivity contribution in [1.29, 1.82) is 0 Å². The number of rotatable bonds is 2. The molecule has 2 aromatic rings. The van der Waals surface area contributed by atoms with Crippen molar-refractivity contribution >= 4 is 29.1 Å². The van der Waals surface area contributed by atoms with Crippen molar-refractivity contribution in [2.45, 2.75) is 30.9 Å². The molecule has 5 heteroatoms. The third kappa shape index (κ3) is 2.87. The maximum absolute atomic E-state index is 10.6. The van der Waals surface area contributed by atoms with Gasteiger partial charge < -0.3 is 14.7 Å². The lowest BCUT2D eigenvalue weighted by Crippen LogP contribution is -2.43. The molecule has 0 amide bonds. The topological polar surface area (TPSA) is 32.7 Å². The Morgan fingerprint density at radius 3 is 2.74 bits per heavy atom. The van der Waals surface area contributed by atoms with Gasteiger partial charge in [0.05, 0.1) is 0 Å². The van der Waals surface area contributed by atoms with Crippen molar-refractivity contribution in [3.8, 4) is 11.5 Å². The lowest BCUT2D eigenvalue weighted by atomic mass is 9.78. The van der Waals surface area contributed by atoms with Crippen LogP contribution in [0.5, 0.6) is 11.5 Å². The molecule has 2 heterocycles. The third-order valence-corrected chi connectivity index (χ3v) is 7.05. The predicted molar refractivity (Wildman–Crippen MR) is 112 cm³/mol. The fraction of sp³-hybridized carbons (Fsp3) is 0.273. The second-order valence-corrected chi connectivity index (χ2v) is 8.73. The highest BCUT2D eigenvalue weighted by Gasteiger charge is 2.44. The molecular weight excluding hydrogens is 378 g/mol. The molecule has 5 rings (SSSR count). The summed E-state index contributed by atoms with van der Waals surface area (Å²) in [4.78, 5) is 2.17. The average Bonchev–Trinajstić information content (AvgIpc) is 3.05. The molecule has 0 radical (unpaired) electrons. The Bertz CT molecular complexity index is 953. The number of halogens is 1. The number of aliphatic hydroxyl groups is 1. The highest BCUT2D eigenvalue weighted by atomic mass is 35.5. The maximum atomic E-state index is 10.6. The summed E-state index contributed by atoms with van der Waals surface area (Å²) in [6, 6.07) is 13.6. The fourth-order valence-corrected chi connectivity index (χ4v) is 5.90. The molecule has 1 fully saturated rings. The summed E-state index contributed by atoms with van der Waals surface area (Å²) in [6.07, 6.45) is 5.01. The molecule has 138 valence electrons. The minimum absolute atomic E-state index is 0.227. The normalized spacial score (nSPS) is 25.9. The Morgan fingerprint density at radius 2 is 1.93 bits per heavy atom. The molecule has 2 aliphatic heterocycles. The highest BCUT2D eigenvalue weighted by Crippen LogP contribution is 2.53. The van der Waals surface area contributed by atoms with Crippen molar-refractivity contribution in [3.05, 3.63) is 76.3 Å². The van der Waals surface area contributed by atoms with Gasteiger partial charge in [-0.25, -0.2) is 0 Å². The molecule has 3 aliphatic rings. The Kier molecular flexibility index (Phi) is 4.23. The standard InChI is InChI=1S/C22H20ClNO2S/c1-13-3-2-4-17-18-11-16(26-15-7-5-14(23)6-8-15)9-10-19(18)24-20(25)12-27-22(24)21(13)17/h2-3,5-11,17,20,22,25H,4,12H2,1H3. The molecule has 3 nitrogen and oxygen atoms in total. The van der Waals surface area contributed by atoms with Gasteiger partial charge in [-0.2, -0.15) is 0 Å². The van der Waals surface area contributed by atoms with Crippen LogP contribution < -0.4 is 9.64 Å². The molecule has 1 aliphatic carbocycles. The molecule has 0 aromatic heterocycles. The molecule has 0 bridgehead atoms. The summed E-state index contributed by atoms with van der Waals surface area (Å²) in [6.45, 7) is 2.18. The summed E-state index contributed by atoms with van der Waals surface area (Å²) < 4.78 is 6.07. The second-order valence-electron chi connectivity index (χ2n) is 7.18. The Hall–Kier alpha value is -1.88. The van der Waals surface area contributed by atoms with E-state index in [1.165, 1.54) is 16.7 Å². The van der Waals surface area contributed by atoms with E-state index in [1.807, 2.05) is 42.1 Å². The van der Waals surface area contributed by atoms with Crippen LogP contribution in [0.15, 0.2) is 65.8 Å². The molecule has 1 N–H and O–H groups in total. The number of hydrogen-bond donors (Lipinski definition) is 1. The number of thioether (sulfide) groups is 1. The van der Waals surface area contributed by atoms with Crippen LogP contribution in [0, 0.1) is 0 Å². The van der Waals surface area contributed by atoms with E-state index in [-0.39, 0.29) is 5.37 Å². The van der Waals surface area contributed by atoms with Crippen molar-refractivity contribution in [1.82, 2.24) is 0 Å². The van der Waals surface area contributed by atoms with Crippen LogP contribution in [0.2, 0.25) is 5.02 Å². The third-order valence-electron chi connectivity index (χ3n) is 5.52. The van der Waals surface area contributed by atoms with Gasteiger partial charge in [0.2, 0.25) is 0 Å². The van der Waals surface area contributed by atoms with Gasteiger partial charge in [-0.3, -0.25) is 0 Å². The molecular formula is C22H20ClNO2S. The molecule has 1 saturated heterocycles. The summed E-state index contributed by atoms with van der Waals surface area (Å²) in [5.41, 5.74) is 5.10. The predicted octanol–water partition coefficient (Wildman–Crippen LogP) is 5.70. The molecule has 0 spiro atoms. The molecule has 27 heavy (non-hydrogen) atoms. The van der Waals surface area contributed by atoms with Gasteiger partial charge in [0.1, 0.15) is 23.1 Å². The van der Waals surface area contributed by atoms with Crippen LogP contribution in [-0.4, -0.2) is 22.5 Å². The van der Waals surface area contributed by atoms with E-state index in [0.717, 1.165) is 29.4 Å². The number of aliphatic hydroxyl groups excluding tert-OH is 1. The lowest BCUT2D eigenvalue weighted by Gasteiger charge is -2.42. The number of nitrogens with zero attached hydrogens (tertiary/aromatic N) is 1. The van der Waals surface area contributed by atoms with Gasteiger partial charge in [0.25, 0.3) is 0 Å². The van der Waals surface area contributed by atoms with Crippen molar-refractivity contribution < 1.29 is 9.84 Å². The van der Waals surface area contributed by atoms with Crippen molar-refractivity contribution in [2.24, 2.45) is 0 Å². The van der Waals surface area contributed by atoms with E-state index in [2.05, 4.69) is 36.1 Å². The monoisotopic (exact) mass is 397 g/mol. The van der Waals surface area contributed by atoms with E-state index in [4.69, 9.17) is 16.3 Å². The van der Waals surface area contributed by atoms with Gasteiger partial charge in [-0.15, -0.1) is 11.8 Å². The second kappa shape index (κ2) is 6.62. The summed E-state index contributed by atoms with van der Waals surface area (Å²) in [7, 11) is 0. The van der Waals surface area contributed by atoms with Crippen LogP contribution in [0.1, 0.15) is 24.8 Å². The van der Waals surface area contributed by atoms with Gasteiger partial charge in [0, 0.05) is 22.4 Å². The first kappa shape index (κ1) is 17.2. The van der Waals surface area contributed by atoms with Crippen molar-refractivity contribution in [3.63, 3.8) is 0 Å². The van der Waals surface area contributed by atoms with Crippen LogP contribution in [0.3, 0.4) is 0 Å². The van der Waals surface area contributed by atoms with E-state index < -0.39 is 6.23 Å².